The molecule has 0 saturated heterocycles. The largest absolute Gasteiger partial charge is 0.478 e. The maximum atomic E-state index is 10.3. The van der Waals surface area contributed by atoms with Gasteiger partial charge in [-0.25, -0.2) is 4.79 Å². The monoisotopic (exact) mass is 144 g/mol. The van der Waals surface area contributed by atoms with Crippen LogP contribution in [0.25, 0.3) is 0 Å². The van der Waals surface area contributed by atoms with Crippen molar-refractivity contribution in [3.63, 3.8) is 0 Å². The molecule has 1 rings (SSSR count). The normalized spacial score (nSPS) is 26.0. The van der Waals surface area contributed by atoms with E-state index in [0.29, 0.717) is 0 Å². The summed E-state index contributed by atoms with van der Waals surface area (Å²) in [6.07, 6.45) is 6.65. The molecule has 1 unspecified atom stereocenters. The summed E-state index contributed by atoms with van der Waals surface area (Å²) in [7, 11) is -0.701. The summed E-state index contributed by atoms with van der Waals surface area (Å²) in [5, 5.41) is 8.53. The molecule has 9 heavy (non-hydrogen) atoms. The molecular weight excluding hydrogens is 135 g/mol. The van der Waals surface area contributed by atoms with E-state index in [-0.39, 0.29) is 0 Å². The predicted octanol–water partition coefficient (Wildman–Crippen LogP) is 2.11. The van der Waals surface area contributed by atoms with E-state index in [2.05, 4.69) is 6.08 Å². The van der Waals surface area contributed by atoms with Crippen LogP contribution in [0.4, 0.5) is 4.79 Å². The Bertz CT molecular complexity index is 142. The summed E-state index contributed by atoms with van der Waals surface area (Å²) in [5.74, 6) is 0. The van der Waals surface area contributed by atoms with E-state index in [4.69, 9.17) is 5.11 Å². The third-order valence-corrected chi connectivity index (χ3v) is 3.32. The highest BCUT2D eigenvalue weighted by molar-refractivity contribution is 7.74. The lowest BCUT2D eigenvalue weighted by Gasteiger charge is -2.11. The van der Waals surface area contributed by atoms with Gasteiger partial charge in [0.1, 0.15) is 0 Å². The summed E-state index contributed by atoms with van der Waals surface area (Å²) >= 11 is 0. The zero-order chi connectivity index (χ0) is 6.69. The van der Waals surface area contributed by atoms with E-state index >= 15 is 0 Å². The van der Waals surface area contributed by atoms with E-state index in [0.717, 1.165) is 18.7 Å². The molecule has 1 atom stereocenters. The van der Waals surface area contributed by atoms with Gasteiger partial charge in [0.15, 0.2) is 0 Å². The van der Waals surface area contributed by atoms with Gasteiger partial charge in [-0.1, -0.05) is 12.2 Å². The van der Waals surface area contributed by atoms with Crippen LogP contribution in [0.1, 0.15) is 6.42 Å². The Morgan fingerprint density at radius 1 is 1.56 bits per heavy atom. The Labute approximate surface area is 55.3 Å². The lowest BCUT2D eigenvalue weighted by atomic mass is 10.4. The lowest BCUT2D eigenvalue weighted by molar-refractivity contribution is 0.221. The van der Waals surface area contributed by atoms with Gasteiger partial charge in [0.05, 0.1) is 0 Å². The number of hydrogen-bond donors (Lipinski definition) is 1. The minimum Gasteiger partial charge on any atom is -0.478 e. The van der Waals surface area contributed by atoms with Crippen molar-refractivity contribution in [3.8, 4) is 0 Å². The number of hydrogen-bond acceptors (Lipinski definition) is 1. The first-order chi connectivity index (χ1) is 4.30. The summed E-state index contributed by atoms with van der Waals surface area (Å²) in [4.78, 5) is 10.3. The third kappa shape index (κ3) is 1.79. The maximum absolute atomic E-state index is 10.3. The molecule has 50 valence electrons. The van der Waals surface area contributed by atoms with Crippen molar-refractivity contribution in [1.82, 2.24) is 0 Å². The minimum atomic E-state index is -0.701. The predicted molar refractivity (Wildman–Crippen MR) is 38.4 cm³/mol. The van der Waals surface area contributed by atoms with Crippen molar-refractivity contribution in [2.45, 2.75) is 6.42 Å². The van der Waals surface area contributed by atoms with E-state index in [9.17, 15) is 4.79 Å². The van der Waals surface area contributed by atoms with Crippen LogP contribution in [0.5, 0.6) is 0 Å². The molecule has 0 bridgehead atoms. The summed E-state index contributed by atoms with van der Waals surface area (Å²) in [6, 6.07) is 0. The fraction of sp³-hybridized carbons (Fsp3) is 0.500. The molecular formula is C6H9O2P. The molecule has 0 aliphatic carbocycles. The second-order valence-corrected chi connectivity index (χ2v) is 4.26. The molecule has 0 aromatic carbocycles. The van der Waals surface area contributed by atoms with Gasteiger partial charge in [0.2, 0.25) is 0 Å². The molecule has 0 saturated carbocycles. The molecule has 1 heterocycles. The van der Waals surface area contributed by atoms with Crippen molar-refractivity contribution in [3.05, 3.63) is 12.2 Å². The molecule has 3 heteroatoms. The van der Waals surface area contributed by atoms with E-state index in [1.807, 2.05) is 6.08 Å². The van der Waals surface area contributed by atoms with Crippen LogP contribution in [-0.4, -0.2) is 23.1 Å². The molecule has 0 radical (unpaired) electrons. The summed E-state index contributed by atoms with van der Waals surface area (Å²) < 4.78 is 0. The van der Waals surface area contributed by atoms with Gasteiger partial charge in [0.25, 0.3) is 0 Å². The van der Waals surface area contributed by atoms with Crippen LogP contribution in [0.2, 0.25) is 0 Å². The average molecular weight is 144 g/mol. The number of rotatable bonds is 1. The first kappa shape index (κ1) is 6.76. The molecule has 0 fully saturated rings. The zero-order valence-electron chi connectivity index (χ0n) is 5.08. The molecule has 1 N–H and O–H groups in total. The van der Waals surface area contributed by atoms with Gasteiger partial charge >= 0.3 is 5.71 Å². The van der Waals surface area contributed by atoms with Crippen LogP contribution in [0.3, 0.4) is 0 Å². The SMILES string of the molecule is O=C(O)P1CC=CCC1. The minimum absolute atomic E-state index is 0.589. The number of allylic oxidation sites excluding steroid dienone is 2. The number of carboxylic acid groups (broad SMARTS) is 1. The average Bonchev–Trinajstić information content (AvgIpc) is 1.90. The van der Waals surface area contributed by atoms with E-state index in [1.54, 1.807) is 0 Å². The van der Waals surface area contributed by atoms with Crippen molar-refractivity contribution in [2.24, 2.45) is 0 Å². The van der Waals surface area contributed by atoms with Gasteiger partial charge in [-0.05, 0) is 18.7 Å². The second kappa shape index (κ2) is 2.98. The van der Waals surface area contributed by atoms with Crippen LogP contribution in [-0.2, 0) is 0 Å². The van der Waals surface area contributed by atoms with Crippen LogP contribution < -0.4 is 0 Å². The number of carbonyl (C=O) groups is 1. The highest BCUT2D eigenvalue weighted by Crippen LogP contribution is 2.39. The molecule has 0 spiro atoms. The van der Waals surface area contributed by atoms with Crippen molar-refractivity contribution < 1.29 is 9.90 Å². The van der Waals surface area contributed by atoms with Crippen LogP contribution in [0.15, 0.2) is 12.2 Å². The van der Waals surface area contributed by atoms with Crippen LogP contribution in [0, 0.1) is 0 Å². The quantitative estimate of drug-likeness (QED) is 0.452. The third-order valence-electron chi connectivity index (χ3n) is 1.33. The second-order valence-electron chi connectivity index (χ2n) is 1.99. The Morgan fingerprint density at radius 3 is 2.67 bits per heavy atom. The fourth-order valence-electron chi connectivity index (χ4n) is 0.815. The van der Waals surface area contributed by atoms with Gasteiger partial charge in [-0.2, -0.15) is 0 Å². The van der Waals surface area contributed by atoms with Crippen LogP contribution >= 0.6 is 7.92 Å². The van der Waals surface area contributed by atoms with Gasteiger partial charge < -0.3 is 5.11 Å². The topological polar surface area (TPSA) is 37.3 Å². The molecule has 2 nitrogen and oxygen atoms in total. The Morgan fingerprint density at radius 2 is 2.33 bits per heavy atom. The Balaban J connectivity index is 2.44. The highest BCUT2D eigenvalue weighted by Gasteiger charge is 2.15. The van der Waals surface area contributed by atoms with Crippen molar-refractivity contribution in [1.29, 1.82) is 0 Å². The first-order valence-electron chi connectivity index (χ1n) is 2.93. The zero-order valence-corrected chi connectivity index (χ0v) is 5.97. The van der Waals surface area contributed by atoms with Gasteiger partial charge in [-0.3, -0.25) is 0 Å². The highest BCUT2D eigenvalue weighted by atomic mass is 31.1. The molecule has 1 aliphatic heterocycles. The lowest BCUT2D eigenvalue weighted by Crippen LogP contribution is -2.00. The molecule has 0 aromatic heterocycles. The Kier molecular flexibility index (Phi) is 2.23. The fourth-order valence-corrected chi connectivity index (χ4v) is 2.21. The van der Waals surface area contributed by atoms with E-state index < -0.39 is 13.6 Å². The summed E-state index contributed by atoms with van der Waals surface area (Å²) in [5.41, 5.74) is -0.589. The maximum Gasteiger partial charge on any atom is 0.324 e. The standard InChI is InChI=1S/C6H9O2P/c7-6(8)9-4-2-1-3-5-9/h1-2H,3-5H2,(H,7,8). The molecule has 1 aliphatic rings. The first-order valence-corrected chi connectivity index (χ1v) is 4.65. The molecule has 0 aromatic rings. The smallest absolute Gasteiger partial charge is 0.324 e. The van der Waals surface area contributed by atoms with Crippen molar-refractivity contribution >= 4 is 13.6 Å². The Hall–Kier alpha value is -0.360. The van der Waals surface area contributed by atoms with Gasteiger partial charge in [-0.15, -0.1) is 0 Å². The van der Waals surface area contributed by atoms with Crippen molar-refractivity contribution in [2.75, 3.05) is 12.3 Å². The van der Waals surface area contributed by atoms with E-state index in [1.165, 1.54) is 0 Å². The molecule has 0 amide bonds. The van der Waals surface area contributed by atoms with Gasteiger partial charge in [0, 0.05) is 7.92 Å². The summed E-state index contributed by atoms with van der Waals surface area (Å²) in [6.45, 7) is 0.